The number of aryl methyl sites for hydroxylation is 1. The lowest BCUT2D eigenvalue weighted by Gasteiger charge is -2.42. The monoisotopic (exact) mass is 498 g/mol. The molecule has 2 nitrogen and oxygen atoms in total. The summed E-state index contributed by atoms with van der Waals surface area (Å²) in [4.78, 5) is 0. The minimum atomic E-state index is -1.00. The first-order valence-corrected chi connectivity index (χ1v) is 14.4. The fraction of sp³-hybridized carbons (Fsp3) is 0.625. The molecule has 4 heteroatoms. The van der Waals surface area contributed by atoms with Gasteiger partial charge >= 0.3 is 0 Å². The standard InChI is InChI=1S/C32H44F2O2/c1-3-7-24-14-16-28-21-25(15-17-27(28)20-24)9-6-5-8-23-10-12-26(13-11-23)22-36-30-19-18-29(35-4-2)31(33)32(30)34/h10-13,18-19,24-25,27-28H,3-9,14-17,20-22H2,1-2H3. The van der Waals surface area contributed by atoms with Crippen LogP contribution in [0.25, 0.3) is 0 Å². The molecule has 2 aliphatic carbocycles. The number of fused-ring (bicyclic) bond motifs is 1. The molecule has 2 aromatic carbocycles. The Hall–Kier alpha value is -2.10. The highest BCUT2D eigenvalue weighted by atomic mass is 19.2. The van der Waals surface area contributed by atoms with Crippen LogP contribution in [0.3, 0.4) is 0 Å². The molecule has 4 unspecified atom stereocenters. The Balaban J connectivity index is 1.15. The lowest BCUT2D eigenvalue weighted by molar-refractivity contribution is 0.0912. The Morgan fingerprint density at radius 2 is 1.28 bits per heavy atom. The molecule has 0 bridgehead atoms. The quantitative estimate of drug-likeness (QED) is 0.271. The summed E-state index contributed by atoms with van der Waals surface area (Å²) in [6.07, 6.45) is 16.7. The second-order valence-corrected chi connectivity index (χ2v) is 11.1. The number of ether oxygens (including phenoxy) is 2. The van der Waals surface area contributed by atoms with Crippen molar-refractivity contribution in [2.45, 2.75) is 97.5 Å². The van der Waals surface area contributed by atoms with Crippen molar-refractivity contribution in [1.29, 1.82) is 0 Å². The summed E-state index contributed by atoms with van der Waals surface area (Å²) >= 11 is 0. The predicted molar refractivity (Wildman–Crippen MR) is 142 cm³/mol. The van der Waals surface area contributed by atoms with Gasteiger partial charge in [0.2, 0.25) is 11.6 Å². The van der Waals surface area contributed by atoms with E-state index < -0.39 is 11.6 Å². The number of hydrogen-bond acceptors (Lipinski definition) is 2. The van der Waals surface area contributed by atoms with Gasteiger partial charge in [-0.25, -0.2) is 0 Å². The zero-order chi connectivity index (χ0) is 25.3. The second kappa shape index (κ2) is 13.4. The van der Waals surface area contributed by atoms with Gasteiger partial charge in [0.1, 0.15) is 6.61 Å². The van der Waals surface area contributed by atoms with Gasteiger partial charge < -0.3 is 9.47 Å². The first-order valence-electron chi connectivity index (χ1n) is 14.4. The van der Waals surface area contributed by atoms with Crippen LogP contribution in [-0.4, -0.2) is 6.61 Å². The summed E-state index contributed by atoms with van der Waals surface area (Å²) < 4.78 is 38.8. The van der Waals surface area contributed by atoms with Crippen molar-refractivity contribution in [1.82, 2.24) is 0 Å². The molecule has 0 radical (unpaired) electrons. The Morgan fingerprint density at radius 1 is 0.694 bits per heavy atom. The average molecular weight is 499 g/mol. The van der Waals surface area contributed by atoms with Gasteiger partial charge in [-0.1, -0.05) is 69.7 Å². The minimum absolute atomic E-state index is 0.0890. The van der Waals surface area contributed by atoms with Crippen molar-refractivity contribution in [3.05, 3.63) is 59.2 Å². The van der Waals surface area contributed by atoms with Crippen molar-refractivity contribution in [2.24, 2.45) is 23.7 Å². The summed E-state index contributed by atoms with van der Waals surface area (Å²) in [5.41, 5.74) is 2.27. The molecule has 0 aromatic heterocycles. The molecule has 0 N–H and O–H groups in total. The Bertz CT molecular complexity index is 942. The predicted octanol–water partition coefficient (Wildman–Crippen LogP) is 9.29. The van der Waals surface area contributed by atoms with E-state index in [2.05, 4.69) is 19.1 Å². The van der Waals surface area contributed by atoms with Crippen molar-refractivity contribution in [3.63, 3.8) is 0 Å². The van der Waals surface area contributed by atoms with E-state index in [4.69, 9.17) is 9.47 Å². The number of unbranched alkanes of at least 4 members (excludes halogenated alkanes) is 1. The largest absolute Gasteiger partial charge is 0.491 e. The van der Waals surface area contributed by atoms with Crippen LogP contribution >= 0.6 is 0 Å². The highest BCUT2D eigenvalue weighted by Crippen LogP contribution is 2.46. The van der Waals surface area contributed by atoms with E-state index in [1.807, 2.05) is 12.1 Å². The van der Waals surface area contributed by atoms with Crippen LogP contribution in [0.15, 0.2) is 36.4 Å². The lowest BCUT2D eigenvalue weighted by atomic mass is 9.63. The molecule has 0 aliphatic heterocycles. The number of benzene rings is 2. The van der Waals surface area contributed by atoms with Gasteiger partial charge in [0.05, 0.1) is 6.61 Å². The van der Waals surface area contributed by atoms with E-state index in [1.165, 1.54) is 88.3 Å². The third kappa shape index (κ3) is 7.23. The molecule has 2 aromatic rings. The van der Waals surface area contributed by atoms with E-state index in [-0.39, 0.29) is 24.7 Å². The Labute approximate surface area is 216 Å². The van der Waals surface area contributed by atoms with Gasteiger partial charge in [-0.05, 0) is 92.4 Å². The fourth-order valence-electron chi connectivity index (χ4n) is 6.63. The molecule has 4 atom stereocenters. The SMILES string of the molecule is CCCC1CCC2CC(CCCCc3ccc(COc4ccc(OCC)c(F)c4F)cc3)CCC2C1. The molecular formula is C32H44F2O2. The van der Waals surface area contributed by atoms with Crippen LogP contribution in [0.2, 0.25) is 0 Å². The molecule has 0 saturated heterocycles. The Morgan fingerprint density at radius 3 is 1.89 bits per heavy atom. The van der Waals surface area contributed by atoms with Crippen molar-refractivity contribution in [2.75, 3.05) is 6.61 Å². The molecule has 4 rings (SSSR count). The maximum absolute atomic E-state index is 14.2. The van der Waals surface area contributed by atoms with Crippen LogP contribution in [0.5, 0.6) is 11.5 Å². The Kier molecular flexibility index (Phi) is 10.1. The van der Waals surface area contributed by atoms with E-state index in [0.717, 1.165) is 35.7 Å². The maximum Gasteiger partial charge on any atom is 0.204 e. The van der Waals surface area contributed by atoms with Gasteiger partial charge in [-0.15, -0.1) is 0 Å². The first kappa shape index (κ1) is 26.9. The molecule has 0 heterocycles. The van der Waals surface area contributed by atoms with Gasteiger partial charge in [0.15, 0.2) is 11.5 Å². The number of hydrogen-bond donors (Lipinski definition) is 0. The molecular weight excluding hydrogens is 454 g/mol. The van der Waals surface area contributed by atoms with Crippen molar-refractivity contribution >= 4 is 0 Å². The van der Waals surface area contributed by atoms with Crippen LogP contribution in [0.1, 0.15) is 95.6 Å². The van der Waals surface area contributed by atoms with E-state index in [9.17, 15) is 8.78 Å². The highest BCUT2D eigenvalue weighted by molar-refractivity contribution is 5.35. The minimum Gasteiger partial charge on any atom is -0.491 e. The van der Waals surface area contributed by atoms with E-state index in [1.54, 1.807) is 6.92 Å². The van der Waals surface area contributed by atoms with Crippen LogP contribution < -0.4 is 9.47 Å². The van der Waals surface area contributed by atoms with E-state index in [0.29, 0.717) is 0 Å². The maximum atomic E-state index is 14.2. The van der Waals surface area contributed by atoms with Crippen LogP contribution in [-0.2, 0) is 13.0 Å². The fourth-order valence-corrected chi connectivity index (χ4v) is 6.63. The lowest BCUT2D eigenvalue weighted by Crippen LogP contribution is -2.31. The molecule has 36 heavy (non-hydrogen) atoms. The van der Waals surface area contributed by atoms with Gasteiger partial charge in [0.25, 0.3) is 0 Å². The molecule has 2 fully saturated rings. The summed E-state index contributed by atoms with van der Waals surface area (Å²) in [6, 6.07) is 11.1. The second-order valence-electron chi connectivity index (χ2n) is 11.1. The topological polar surface area (TPSA) is 18.5 Å². The molecule has 198 valence electrons. The molecule has 2 aliphatic rings. The molecule has 2 saturated carbocycles. The summed E-state index contributed by atoms with van der Waals surface area (Å²) in [7, 11) is 0. The van der Waals surface area contributed by atoms with Gasteiger partial charge in [-0.2, -0.15) is 8.78 Å². The van der Waals surface area contributed by atoms with Gasteiger partial charge in [0, 0.05) is 0 Å². The third-order valence-electron chi connectivity index (χ3n) is 8.58. The van der Waals surface area contributed by atoms with Crippen LogP contribution in [0, 0.1) is 35.3 Å². The summed E-state index contributed by atoms with van der Waals surface area (Å²) in [6.45, 7) is 4.55. The smallest absolute Gasteiger partial charge is 0.204 e. The zero-order valence-electron chi connectivity index (χ0n) is 22.2. The summed E-state index contributed by atoms with van der Waals surface area (Å²) in [5.74, 6) is 1.81. The van der Waals surface area contributed by atoms with Crippen molar-refractivity contribution < 1.29 is 18.3 Å². The number of halogens is 2. The third-order valence-corrected chi connectivity index (χ3v) is 8.58. The van der Waals surface area contributed by atoms with Crippen LogP contribution in [0.4, 0.5) is 8.78 Å². The first-order chi connectivity index (χ1) is 17.6. The normalized spacial score (nSPS) is 23.8. The molecule has 0 amide bonds. The average Bonchev–Trinajstić information content (AvgIpc) is 2.90. The number of rotatable bonds is 12. The van der Waals surface area contributed by atoms with Gasteiger partial charge in [-0.3, -0.25) is 0 Å². The highest BCUT2D eigenvalue weighted by Gasteiger charge is 2.34. The summed E-state index contributed by atoms with van der Waals surface area (Å²) in [5, 5.41) is 0. The van der Waals surface area contributed by atoms with E-state index >= 15 is 0 Å². The molecule has 0 spiro atoms. The van der Waals surface area contributed by atoms with Crippen molar-refractivity contribution in [3.8, 4) is 11.5 Å². The zero-order valence-corrected chi connectivity index (χ0v) is 22.2.